The molecule has 6 aliphatic carbocycles. The molecule has 1 aliphatic heterocycles. The number of nitrogens with zero attached hydrogens (tertiary/aromatic N) is 1. The molecule has 0 fully saturated rings. The van der Waals surface area contributed by atoms with E-state index in [1.165, 1.54) is 214 Å². The van der Waals surface area contributed by atoms with E-state index in [1.54, 1.807) is 11.1 Å². The molecule has 14 aromatic rings. The lowest BCUT2D eigenvalue weighted by Gasteiger charge is -2.26. The molecule has 3 nitrogen and oxygen atoms in total. The summed E-state index contributed by atoms with van der Waals surface area (Å²) in [6, 6.07) is 83.0. The Morgan fingerprint density at radius 3 is 1.70 bits per heavy atom. The summed E-state index contributed by atoms with van der Waals surface area (Å²) in [7, 11) is 0. The van der Waals surface area contributed by atoms with Gasteiger partial charge in [0.1, 0.15) is 23.5 Å². The fourth-order valence-corrected chi connectivity index (χ4v) is 20.0. The second-order valence-corrected chi connectivity index (χ2v) is 31.7. The minimum absolute atomic E-state index is 0.0447. The molecule has 0 N–H and O–H groups in total. The Morgan fingerprint density at radius 2 is 0.981 bits per heavy atom. The van der Waals surface area contributed by atoms with Crippen molar-refractivity contribution in [2.75, 3.05) is 6.61 Å². The Labute approximate surface area is 622 Å². The minimum Gasteiger partial charge on any atom is -0.489 e. The highest BCUT2D eigenvalue weighted by Crippen LogP contribution is 2.50. The van der Waals surface area contributed by atoms with Gasteiger partial charge in [0.25, 0.3) is 0 Å². The maximum Gasteiger partial charge on any atom is 0.143 e. The average molecular weight is 1370 g/mol. The van der Waals surface area contributed by atoms with Crippen molar-refractivity contribution in [1.82, 2.24) is 4.57 Å². The van der Waals surface area contributed by atoms with E-state index in [0.717, 1.165) is 107 Å². The Hall–Kier alpha value is -11.0. The van der Waals surface area contributed by atoms with E-state index < -0.39 is 0 Å². The van der Waals surface area contributed by atoms with Crippen LogP contribution in [0.5, 0.6) is 5.75 Å². The van der Waals surface area contributed by atoms with E-state index >= 15 is 0 Å². The van der Waals surface area contributed by atoms with Crippen LogP contribution in [0, 0.1) is 0 Å². The predicted octanol–water partition coefficient (Wildman–Crippen LogP) is 27.5. The molecule has 7 aliphatic rings. The predicted molar refractivity (Wildman–Crippen MR) is 445 cm³/mol. The van der Waals surface area contributed by atoms with Gasteiger partial charge in [-0.05, 0) is 334 Å². The molecular weight excluding hydrogens is 1280 g/mol. The average Bonchev–Trinajstić information content (AvgIpc) is 1.55. The first-order chi connectivity index (χ1) is 52.4. The zero-order valence-corrected chi connectivity index (χ0v) is 60.8. The number of benzene rings is 12. The van der Waals surface area contributed by atoms with Gasteiger partial charge in [0.15, 0.2) is 0 Å². The van der Waals surface area contributed by atoms with Crippen LogP contribution in [-0.2, 0) is 44.9 Å². The Balaban J connectivity index is 0.767. The summed E-state index contributed by atoms with van der Waals surface area (Å²) < 4.78 is 17.1. The topological polar surface area (TPSA) is 27.3 Å². The number of hydrogen-bond acceptors (Lipinski definition) is 2. The molecule has 106 heavy (non-hydrogen) atoms. The maximum absolute atomic E-state index is 7.30. The zero-order chi connectivity index (χ0) is 69.9. The summed E-state index contributed by atoms with van der Waals surface area (Å²) in [5.41, 5.74) is 40.1. The molecule has 0 spiro atoms. The lowest BCUT2D eigenvalue weighted by atomic mass is 9.79. The van der Waals surface area contributed by atoms with Crippen LogP contribution in [0.4, 0.5) is 0 Å². The van der Waals surface area contributed by atoms with Crippen molar-refractivity contribution in [3.63, 3.8) is 0 Å². The first-order valence-corrected chi connectivity index (χ1v) is 39.9. The summed E-state index contributed by atoms with van der Waals surface area (Å²) in [5.74, 6) is 1.34. The molecule has 21 rings (SSSR count). The van der Waals surface area contributed by atoms with Gasteiger partial charge < -0.3 is 13.7 Å². The lowest BCUT2D eigenvalue weighted by Crippen LogP contribution is -2.08. The third kappa shape index (κ3) is 11.0. The quantitative estimate of drug-likeness (QED) is 0.144. The summed E-state index contributed by atoms with van der Waals surface area (Å²) in [6.45, 7) is 2.84. The van der Waals surface area contributed by atoms with Crippen LogP contribution in [0.2, 0.25) is 0 Å². The van der Waals surface area contributed by atoms with E-state index in [0.29, 0.717) is 12.5 Å². The molecule has 0 radical (unpaired) electrons. The van der Waals surface area contributed by atoms with Crippen LogP contribution in [0.3, 0.4) is 0 Å². The lowest BCUT2D eigenvalue weighted by molar-refractivity contribution is 0.360. The zero-order valence-electron chi connectivity index (χ0n) is 60.8. The molecule has 3 heteroatoms. The van der Waals surface area contributed by atoms with E-state index in [2.05, 4.69) is 266 Å². The third-order valence-electron chi connectivity index (χ3n) is 25.4. The van der Waals surface area contributed by atoms with Gasteiger partial charge in [-0.15, -0.1) is 0 Å². The molecule has 516 valence electrons. The van der Waals surface area contributed by atoms with Crippen molar-refractivity contribution in [2.45, 2.75) is 141 Å². The molecule has 12 aromatic carbocycles. The summed E-state index contributed by atoms with van der Waals surface area (Å²) in [4.78, 5) is 0. The first kappa shape index (κ1) is 63.5. The number of rotatable bonds is 9. The smallest absolute Gasteiger partial charge is 0.143 e. The van der Waals surface area contributed by atoms with Crippen molar-refractivity contribution in [1.29, 1.82) is 0 Å². The Kier molecular flexibility index (Phi) is 15.7. The van der Waals surface area contributed by atoms with Crippen LogP contribution in [0.25, 0.3) is 139 Å². The van der Waals surface area contributed by atoms with Crippen molar-refractivity contribution in [2.24, 2.45) is 0 Å². The normalized spacial score (nSPS) is 18.4. The van der Waals surface area contributed by atoms with E-state index in [4.69, 9.17) is 9.15 Å². The van der Waals surface area contributed by atoms with Gasteiger partial charge in [-0.1, -0.05) is 188 Å². The maximum atomic E-state index is 7.30. The van der Waals surface area contributed by atoms with E-state index in [1.807, 2.05) is 0 Å². The SMILES string of the molecule is CC1/C=C(c2ccc3c(c2)CCCC3)\C=C/COc2c(-c3ccc4c(c3)c3cc(-c5cc(-c6ccc7c(c6)CCCC7)cc6c5oc5ccc(C7C=CC8=C(CCCC8)C7)cc56)ccc3n4-c3ccc(-c4c5c(c(-c6ccccc6)c6ccccc46)C=CCC5)cc3)cc(-c3ccc4c(c3)CCCC4)cc21. The van der Waals surface area contributed by atoms with Crippen LogP contribution in [-0.4, -0.2) is 11.2 Å². The van der Waals surface area contributed by atoms with Gasteiger partial charge in [0, 0.05) is 55.8 Å². The largest absolute Gasteiger partial charge is 0.489 e. The minimum atomic E-state index is 0.0447. The monoisotopic (exact) mass is 1370 g/mol. The van der Waals surface area contributed by atoms with Gasteiger partial charge in [0.05, 0.1) is 11.0 Å². The summed E-state index contributed by atoms with van der Waals surface area (Å²) in [6.07, 6.45) is 39.3. The molecular formula is C103H87NO2. The number of allylic oxidation sites excluding steroid dienone is 8. The molecule has 2 aromatic heterocycles. The molecule has 3 heterocycles. The molecule has 0 saturated carbocycles. The van der Waals surface area contributed by atoms with Crippen molar-refractivity contribution >= 4 is 66.2 Å². The number of aromatic nitrogens is 1. The first-order valence-electron chi connectivity index (χ1n) is 39.9. The molecule has 0 bridgehead atoms. The second kappa shape index (κ2) is 26.2. The third-order valence-corrected chi connectivity index (χ3v) is 25.4. The highest BCUT2D eigenvalue weighted by Gasteiger charge is 2.28. The highest BCUT2D eigenvalue weighted by atomic mass is 16.5. The molecule has 2 atom stereocenters. The van der Waals surface area contributed by atoms with Crippen molar-refractivity contribution in [3.8, 4) is 78.2 Å². The fraction of sp³-hybridized carbons (Fsp3) is 0.223. The standard InChI is InChI=1S/C103H87NO2/c1-64-52-71(76-37-33-65-18-5-9-24-72(65)53-76)28-17-51-105-102-90(64)60-83(78-39-35-67-20-7-11-26-74(67)55-78)61-91(102)81-43-48-97-93(58-81)94-59-82(44-49-98(94)104(97)85-46-41-70(42-47-85)101-88-31-15-13-29-86(88)100(69-22-3-2-4-23-69)87-30-14-16-32-89(87)101)92-62-84(79-40-36-68-21-8-12-27-75(68)56-79)63-96-95-57-80(45-50-99(95)106-103(92)96)77-38-34-66-19-6-10-25-73(66)54-77/h2-4,13-15,17,22-23,28-31,33-50,52-53,55-64,77H,5-12,16,18-21,24-27,32,51,54H2,1H3/b28-17-,71-52+. The van der Waals surface area contributed by atoms with Crippen LogP contribution in [0.15, 0.2) is 264 Å². The van der Waals surface area contributed by atoms with Crippen LogP contribution in [0.1, 0.15) is 157 Å². The van der Waals surface area contributed by atoms with Crippen LogP contribution >= 0.6 is 0 Å². The molecule has 2 unspecified atom stereocenters. The summed E-state index contributed by atoms with van der Waals surface area (Å²) in [5, 5.41) is 7.32. The van der Waals surface area contributed by atoms with Gasteiger partial charge in [0.2, 0.25) is 0 Å². The highest BCUT2D eigenvalue weighted by molar-refractivity contribution is 6.16. The van der Waals surface area contributed by atoms with Gasteiger partial charge >= 0.3 is 0 Å². The summed E-state index contributed by atoms with van der Waals surface area (Å²) >= 11 is 0. The van der Waals surface area contributed by atoms with E-state index in [-0.39, 0.29) is 5.92 Å². The number of aryl methyl sites for hydroxylation is 6. The van der Waals surface area contributed by atoms with Gasteiger partial charge in [-0.2, -0.15) is 0 Å². The number of hydrogen-bond donors (Lipinski definition) is 0. The molecule has 0 saturated heterocycles. The van der Waals surface area contributed by atoms with Gasteiger partial charge in [-0.25, -0.2) is 0 Å². The second-order valence-electron chi connectivity index (χ2n) is 31.7. The van der Waals surface area contributed by atoms with Gasteiger partial charge in [-0.3, -0.25) is 0 Å². The number of furan rings is 1. The molecule has 0 amide bonds. The Morgan fingerprint density at radius 1 is 0.396 bits per heavy atom. The van der Waals surface area contributed by atoms with Crippen molar-refractivity contribution in [3.05, 3.63) is 321 Å². The van der Waals surface area contributed by atoms with E-state index in [9.17, 15) is 0 Å². The number of ether oxygens (including phenoxy) is 1. The van der Waals surface area contributed by atoms with Crippen LogP contribution < -0.4 is 4.74 Å². The Bertz CT molecular complexity index is 6130. The number of fused-ring (bicyclic) bond motifs is 12. The fourth-order valence-electron chi connectivity index (χ4n) is 20.0. The van der Waals surface area contributed by atoms with Crippen molar-refractivity contribution < 1.29 is 9.15 Å².